The largest absolute Gasteiger partial charge is 0.325 e. The number of nitrogens with zero attached hydrogens (tertiary/aromatic N) is 1. The van der Waals surface area contributed by atoms with E-state index in [2.05, 4.69) is 18.7 Å². The summed E-state index contributed by atoms with van der Waals surface area (Å²) in [6, 6.07) is 0.551. The lowest BCUT2D eigenvalue weighted by Crippen LogP contribution is -2.41. The number of likely N-dealkylation sites (tertiary alicyclic amines) is 1. The summed E-state index contributed by atoms with van der Waals surface area (Å²) in [6.07, 6.45) is 2.26. The van der Waals surface area contributed by atoms with Gasteiger partial charge in [0.2, 0.25) is 0 Å². The molecule has 90 valence electrons. The van der Waals surface area contributed by atoms with E-state index in [1.54, 1.807) is 0 Å². The van der Waals surface area contributed by atoms with Crippen LogP contribution < -0.4 is 0 Å². The maximum Gasteiger partial charge on any atom is 0.325 e. The van der Waals surface area contributed by atoms with Crippen LogP contribution in [0.25, 0.3) is 0 Å². The lowest BCUT2D eigenvalue weighted by molar-refractivity contribution is 0.103. The zero-order chi connectivity index (χ0) is 11.5. The van der Waals surface area contributed by atoms with Crippen molar-refractivity contribution in [2.75, 3.05) is 26.4 Å². The van der Waals surface area contributed by atoms with E-state index in [9.17, 15) is 4.57 Å². The molecule has 0 aromatic carbocycles. The third-order valence-corrected chi connectivity index (χ3v) is 3.46. The zero-order valence-electron chi connectivity index (χ0n) is 9.85. The molecule has 0 bridgehead atoms. The molecule has 5 heteroatoms. The first-order valence-electron chi connectivity index (χ1n) is 5.57. The molecule has 2 unspecified atom stereocenters. The lowest BCUT2D eigenvalue weighted by Gasteiger charge is -2.35. The Morgan fingerprint density at radius 3 is 2.80 bits per heavy atom. The Labute approximate surface area is 92.1 Å². The van der Waals surface area contributed by atoms with Gasteiger partial charge in [0.25, 0.3) is 0 Å². The molecule has 2 atom stereocenters. The molecular formula is C10H22NO3P. The quantitative estimate of drug-likeness (QED) is 0.756. The molecule has 1 rings (SSSR count). The van der Waals surface area contributed by atoms with Gasteiger partial charge in [-0.3, -0.25) is 4.57 Å². The summed E-state index contributed by atoms with van der Waals surface area (Å²) < 4.78 is 16.0. The van der Waals surface area contributed by atoms with Gasteiger partial charge in [0.1, 0.15) is 0 Å². The SMILES string of the molecule is CC(C)N1CCCC(COP(C)(=O)O)C1. The second-order valence-corrected chi connectivity index (χ2v) is 6.56. The van der Waals surface area contributed by atoms with Gasteiger partial charge in [-0.25, -0.2) is 0 Å². The van der Waals surface area contributed by atoms with Gasteiger partial charge in [-0.1, -0.05) is 0 Å². The van der Waals surface area contributed by atoms with Crippen LogP contribution in [0.5, 0.6) is 0 Å². The molecule has 1 N–H and O–H groups in total. The van der Waals surface area contributed by atoms with Crippen molar-refractivity contribution in [1.82, 2.24) is 4.90 Å². The molecule has 1 heterocycles. The van der Waals surface area contributed by atoms with Crippen molar-refractivity contribution in [3.05, 3.63) is 0 Å². The molecule has 0 aromatic heterocycles. The number of hydrogen-bond acceptors (Lipinski definition) is 3. The second-order valence-electron chi connectivity index (χ2n) is 4.70. The maximum absolute atomic E-state index is 11.0. The standard InChI is InChI=1S/C10H22NO3P/c1-9(2)11-6-4-5-10(7-11)8-14-15(3,12)13/h9-10H,4-8H2,1-3H3,(H,12,13). The molecule has 0 saturated carbocycles. The van der Waals surface area contributed by atoms with Crippen molar-refractivity contribution in [2.24, 2.45) is 5.92 Å². The normalized spacial score (nSPS) is 27.9. The average molecular weight is 235 g/mol. The topological polar surface area (TPSA) is 49.8 Å². The van der Waals surface area contributed by atoms with Crippen molar-refractivity contribution >= 4 is 7.60 Å². The van der Waals surface area contributed by atoms with E-state index < -0.39 is 7.60 Å². The molecule has 1 saturated heterocycles. The van der Waals surface area contributed by atoms with E-state index >= 15 is 0 Å². The van der Waals surface area contributed by atoms with Gasteiger partial charge in [0.05, 0.1) is 6.61 Å². The summed E-state index contributed by atoms with van der Waals surface area (Å²) in [6.45, 7) is 8.14. The van der Waals surface area contributed by atoms with Gasteiger partial charge < -0.3 is 14.3 Å². The number of rotatable bonds is 4. The summed E-state index contributed by atoms with van der Waals surface area (Å²) in [5.74, 6) is 0.404. The predicted octanol–water partition coefficient (Wildman–Crippen LogP) is 1.94. The van der Waals surface area contributed by atoms with Crippen LogP contribution in [0.1, 0.15) is 26.7 Å². The van der Waals surface area contributed by atoms with Crippen molar-refractivity contribution in [1.29, 1.82) is 0 Å². The highest BCUT2D eigenvalue weighted by molar-refractivity contribution is 7.51. The van der Waals surface area contributed by atoms with Gasteiger partial charge in [0.15, 0.2) is 0 Å². The van der Waals surface area contributed by atoms with Crippen molar-refractivity contribution in [2.45, 2.75) is 32.7 Å². The Balaban J connectivity index is 2.34. The minimum atomic E-state index is -3.29. The van der Waals surface area contributed by atoms with E-state index in [1.165, 1.54) is 6.66 Å². The molecular weight excluding hydrogens is 213 g/mol. The molecule has 0 spiro atoms. The molecule has 1 aliphatic heterocycles. The summed E-state index contributed by atoms with van der Waals surface area (Å²) in [5, 5.41) is 0. The summed E-state index contributed by atoms with van der Waals surface area (Å²) >= 11 is 0. The first-order chi connectivity index (χ1) is 6.88. The summed E-state index contributed by atoms with van der Waals surface area (Å²) in [4.78, 5) is 11.4. The Morgan fingerprint density at radius 2 is 2.27 bits per heavy atom. The van der Waals surface area contributed by atoms with Crippen LogP contribution in [-0.4, -0.2) is 42.2 Å². The molecule has 1 aliphatic rings. The number of hydrogen-bond donors (Lipinski definition) is 1. The minimum Gasteiger partial charge on any atom is -0.324 e. The van der Waals surface area contributed by atoms with E-state index in [-0.39, 0.29) is 0 Å². The van der Waals surface area contributed by atoms with Crippen molar-refractivity contribution < 1.29 is 14.0 Å². The van der Waals surface area contributed by atoms with Crippen molar-refractivity contribution in [3.63, 3.8) is 0 Å². The van der Waals surface area contributed by atoms with E-state index in [1.807, 2.05) is 0 Å². The van der Waals surface area contributed by atoms with Gasteiger partial charge in [-0.15, -0.1) is 0 Å². The molecule has 15 heavy (non-hydrogen) atoms. The van der Waals surface area contributed by atoms with Gasteiger partial charge in [-0.2, -0.15) is 0 Å². The molecule has 0 aliphatic carbocycles. The maximum atomic E-state index is 11.0. The molecule has 0 radical (unpaired) electrons. The minimum absolute atomic E-state index is 0.404. The van der Waals surface area contributed by atoms with Crippen LogP contribution in [-0.2, 0) is 9.09 Å². The highest BCUT2D eigenvalue weighted by atomic mass is 31.2. The Bertz CT molecular complexity index is 239. The summed E-state index contributed by atoms with van der Waals surface area (Å²) in [5.41, 5.74) is 0. The van der Waals surface area contributed by atoms with Crippen LogP contribution in [0.4, 0.5) is 0 Å². The fraction of sp³-hybridized carbons (Fsp3) is 1.00. The van der Waals surface area contributed by atoms with Crippen LogP contribution in [0.15, 0.2) is 0 Å². The average Bonchev–Trinajstić information content (AvgIpc) is 2.14. The molecule has 1 fully saturated rings. The molecule has 0 amide bonds. The third-order valence-electron chi connectivity index (χ3n) is 2.83. The van der Waals surface area contributed by atoms with Crippen LogP contribution >= 0.6 is 7.60 Å². The summed E-state index contributed by atoms with van der Waals surface area (Å²) in [7, 11) is -3.29. The van der Waals surface area contributed by atoms with E-state index in [0.29, 0.717) is 18.6 Å². The van der Waals surface area contributed by atoms with Crippen LogP contribution in [0.2, 0.25) is 0 Å². The smallest absolute Gasteiger partial charge is 0.324 e. The van der Waals surface area contributed by atoms with Crippen LogP contribution in [0, 0.1) is 5.92 Å². The predicted molar refractivity (Wildman–Crippen MR) is 61.1 cm³/mol. The first kappa shape index (κ1) is 13.2. The van der Waals surface area contributed by atoms with Gasteiger partial charge in [0, 0.05) is 19.3 Å². The van der Waals surface area contributed by atoms with Crippen molar-refractivity contribution in [3.8, 4) is 0 Å². The lowest BCUT2D eigenvalue weighted by atomic mass is 9.98. The number of piperidine rings is 1. The fourth-order valence-corrected chi connectivity index (χ4v) is 2.43. The van der Waals surface area contributed by atoms with Gasteiger partial charge in [-0.05, 0) is 39.2 Å². The Hall–Kier alpha value is 0.110. The Morgan fingerprint density at radius 1 is 1.60 bits per heavy atom. The second kappa shape index (κ2) is 5.44. The highest BCUT2D eigenvalue weighted by Crippen LogP contribution is 2.37. The van der Waals surface area contributed by atoms with Gasteiger partial charge >= 0.3 is 7.60 Å². The fourth-order valence-electron chi connectivity index (χ4n) is 1.95. The first-order valence-corrected chi connectivity index (χ1v) is 7.60. The van der Waals surface area contributed by atoms with Crippen LogP contribution in [0.3, 0.4) is 0 Å². The highest BCUT2D eigenvalue weighted by Gasteiger charge is 2.23. The van der Waals surface area contributed by atoms with E-state index in [0.717, 1.165) is 25.9 Å². The Kier molecular flexibility index (Phi) is 4.78. The monoisotopic (exact) mass is 235 g/mol. The van der Waals surface area contributed by atoms with E-state index in [4.69, 9.17) is 9.42 Å². The molecule has 4 nitrogen and oxygen atoms in total. The third kappa shape index (κ3) is 5.12. The molecule has 0 aromatic rings. The zero-order valence-corrected chi connectivity index (χ0v) is 10.7.